The molecule has 1 amide bonds. The van der Waals surface area contributed by atoms with Gasteiger partial charge in [-0.2, -0.15) is 5.26 Å². The lowest BCUT2D eigenvalue weighted by Crippen LogP contribution is -2.10. The Labute approximate surface area is 228 Å². The highest BCUT2D eigenvalue weighted by molar-refractivity contribution is 7.15. The molecule has 5 rings (SSSR count). The molecule has 0 spiro atoms. The first-order valence-corrected chi connectivity index (χ1v) is 13.0. The van der Waals surface area contributed by atoms with Crippen LogP contribution < -0.4 is 5.32 Å². The van der Waals surface area contributed by atoms with Crippen molar-refractivity contribution in [2.24, 2.45) is 4.99 Å². The third-order valence-electron chi connectivity index (χ3n) is 6.48. The molecule has 0 radical (unpaired) electrons. The summed E-state index contributed by atoms with van der Waals surface area (Å²) < 4.78 is 1.92. The zero-order valence-electron chi connectivity index (χ0n) is 21.5. The van der Waals surface area contributed by atoms with Crippen LogP contribution in [-0.4, -0.2) is 37.5 Å². The summed E-state index contributed by atoms with van der Waals surface area (Å²) in [7, 11) is 0. The number of thiophene rings is 1. The molecule has 3 heterocycles. The van der Waals surface area contributed by atoms with Crippen LogP contribution >= 0.6 is 11.3 Å². The summed E-state index contributed by atoms with van der Waals surface area (Å²) in [5.74, 6) is -0.0893. The number of carbonyl (C=O) groups is 2. The van der Waals surface area contributed by atoms with Crippen molar-refractivity contribution in [3.05, 3.63) is 99.0 Å². The van der Waals surface area contributed by atoms with Gasteiger partial charge in [-0.15, -0.1) is 21.5 Å². The molecule has 2 N–H and O–H groups in total. The Bertz CT molecular complexity index is 1710. The van der Waals surface area contributed by atoms with Gasteiger partial charge in [0.15, 0.2) is 5.82 Å². The maximum atomic E-state index is 12.4. The lowest BCUT2D eigenvalue weighted by molar-refractivity contribution is -0.137. The monoisotopic (exact) mass is 536 g/mol. The van der Waals surface area contributed by atoms with Crippen LogP contribution in [0.3, 0.4) is 0 Å². The Balaban J connectivity index is 1.46. The highest BCUT2D eigenvalue weighted by atomic mass is 32.1. The van der Waals surface area contributed by atoms with Crippen molar-refractivity contribution in [3.63, 3.8) is 0 Å². The number of anilines is 1. The summed E-state index contributed by atoms with van der Waals surface area (Å²) >= 11 is 1.61. The lowest BCUT2D eigenvalue weighted by atomic mass is 9.98. The standard InChI is InChI=1S/C29H24N6O3S/c1-16-17(2)39-29-26(16)27(32-23(14-25(37)38)28-34-33-18(3)35(28)29)21-10-7-19(8-11-21)9-12-24(36)31-22-6-4-5-20(13-22)15-30/h4-13,23H,14H2,1-3H3,(H,31,36)(H,37,38)/t23-/m0/s1. The van der Waals surface area contributed by atoms with Gasteiger partial charge in [-0.05, 0) is 56.2 Å². The fraction of sp³-hybridized carbons (Fsp3) is 0.172. The van der Waals surface area contributed by atoms with Crippen LogP contribution in [0.4, 0.5) is 5.69 Å². The van der Waals surface area contributed by atoms with Gasteiger partial charge in [0.1, 0.15) is 16.9 Å². The molecule has 0 bridgehead atoms. The van der Waals surface area contributed by atoms with E-state index in [2.05, 4.69) is 22.4 Å². The van der Waals surface area contributed by atoms with E-state index < -0.39 is 12.0 Å². The van der Waals surface area contributed by atoms with E-state index in [9.17, 15) is 14.7 Å². The largest absolute Gasteiger partial charge is 0.481 e. The molecular formula is C29H24N6O3S. The van der Waals surface area contributed by atoms with Crippen LogP contribution in [0.25, 0.3) is 11.1 Å². The number of nitrogens with zero attached hydrogens (tertiary/aromatic N) is 5. The molecule has 1 aliphatic heterocycles. The minimum atomic E-state index is -0.966. The van der Waals surface area contributed by atoms with Crippen molar-refractivity contribution in [1.29, 1.82) is 5.26 Å². The van der Waals surface area contributed by atoms with E-state index in [1.807, 2.05) is 48.7 Å². The Morgan fingerprint density at radius 2 is 1.92 bits per heavy atom. The molecule has 0 saturated carbocycles. The van der Waals surface area contributed by atoms with Crippen LogP contribution in [0.1, 0.15) is 56.8 Å². The predicted octanol–water partition coefficient (Wildman–Crippen LogP) is 5.14. The second-order valence-electron chi connectivity index (χ2n) is 9.13. The molecule has 1 aliphatic rings. The number of rotatable bonds is 6. The number of aliphatic carboxylic acids is 1. The fourth-order valence-electron chi connectivity index (χ4n) is 4.46. The zero-order valence-corrected chi connectivity index (χ0v) is 22.3. The Morgan fingerprint density at radius 1 is 1.15 bits per heavy atom. The number of carbonyl (C=O) groups excluding carboxylic acids is 1. The highest BCUT2D eigenvalue weighted by Crippen LogP contribution is 2.39. The van der Waals surface area contributed by atoms with Gasteiger partial charge >= 0.3 is 5.97 Å². The summed E-state index contributed by atoms with van der Waals surface area (Å²) in [6, 6.07) is 15.7. The molecule has 1 atom stereocenters. The number of fused-ring (bicyclic) bond motifs is 3. The number of nitriles is 1. The topological polar surface area (TPSA) is 133 Å². The van der Waals surface area contributed by atoms with Gasteiger partial charge in [0.25, 0.3) is 0 Å². The van der Waals surface area contributed by atoms with Gasteiger partial charge in [0.2, 0.25) is 5.91 Å². The van der Waals surface area contributed by atoms with Crippen LogP contribution in [0.5, 0.6) is 0 Å². The van der Waals surface area contributed by atoms with Crippen molar-refractivity contribution < 1.29 is 14.7 Å². The smallest absolute Gasteiger partial charge is 0.306 e. The number of aromatic nitrogens is 3. The maximum Gasteiger partial charge on any atom is 0.306 e. The van der Waals surface area contributed by atoms with E-state index in [1.54, 1.807) is 41.7 Å². The molecule has 4 aromatic rings. The van der Waals surface area contributed by atoms with Crippen LogP contribution in [0.15, 0.2) is 59.6 Å². The molecule has 2 aromatic carbocycles. The third kappa shape index (κ3) is 5.12. The molecule has 9 nitrogen and oxygen atoms in total. The van der Waals surface area contributed by atoms with Crippen molar-refractivity contribution in [3.8, 4) is 11.1 Å². The summed E-state index contributed by atoms with van der Waals surface area (Å²) in [6.07, 6.45) is 2.92. The van der Waals surface area contributed by atoms with Gasteiger partial charge in [-0.25, -0.2) is 0 Å². The Morgan fingerprint density at radius 3 is 2.64 bits per heavy atom. The number of nitrogens with one attached hydrogen (secondary N) is 1. The van der Waals surface area contributed by atoms with Crippen LogP contribution in [0.2, 0.25) is 0 Å². The zero-order chi connectivity index (χ0) is 27.7. The van der Waals surface area contributed by atoms with Gasteiger partial charge in [-0.3, -0.25) is 19.1 Å². The van der Waals surface area contributed by atoms with Crippen LogP contribution in [-0.2, 0) is 9.59 Å². The number of aryl methyl sites for hydroxylation is 2. The van der Waals surface area contributed by atoms with E-state index in [0.717, 1.165) is 32.1 Å². The molecule has 0 aliphatic carbocycles. The Kier molecular flexibility index (Phi) is 6.92. The minimum absolute atomic E-state index is 0.207. The summed E-state index contributed by atoms with van der Waals surface area (Å²) in [5.41, 5.74) is 5.37. The molecule has 2 aromatic heterocycles. The Hall–Kier alpha value is -4.88. The van der Waals surface area contributed by atoms with E-state index in [0.29, 0.717) is 28.6 Å². The van der Waals surface area contributed by atoms with Gasteiger partial charge in [0.05, 0.1) is 23.8 Å². The lowest BCUT2D eigenvalue weighted by Gasteiger charge is -2.11. The quantitative estimate of drug-likeness (QED) is 0.328. The average Bonchev–Trinajstić information content (AvgIpc) is 3.39. The molecule has 0 fully saturated rings. The number of hydrogen-bond donors (Lipinski definition) is 2. The van der Waals surface area contributed by atoms with E-state index in [4.69, 9.17) is 10.3 Å². The molecule has 0 saturated heterocycles. The van der Waals surface area contributed by atoms with Crippen molar-refractivity contribution in [1.82, 2.24) is 14.8 Å². The normalized spacial score (nSPS) is 14.2. The van der Waals surface area contributed by atoms with E-state index in [1.165, 1.54) is 6.08 Å². The summed E-state index contributed by atoms with van der Waals surface area (Å²) in [4.78, 5) is 30.2. The highest BCUT2D eigenvalue weighted by Gasteiger charge is 2.32. The van der Waals surface area contributed by atoms with E-state index in [-0.39, 0.29) is 12.3 Å². The molecule has 0 unspecified atom stereocenters. The van der Waals surface area contributed by atoms with Crippen LogP contribution in [0, 0.1) is 32.1 Å². The number of carboxylic acids is 1. The predicted molar refractivity (Wildman–Crippen MR) is 149 cm³/mol. The van der Waals surface area contributed by atoms with Gasteiger partial charge < -0.3 is 10.4 Å². The number of hydrogen-bond acceptors (Lipinski definition) is 7. The fourth-order valence-corrected chi connectivity index (χ4v) is 5.68. The molecule has 194 valence electrons. The summed E-state index contributed by atoms with van der Waals surface area (Å²) in [5, 5.41) is 30.8. The number of benzene rings is 2. The number of amides is 1. The molecule has 10 heteroatoms. The van der Waals surface area contributed by atoms with Gasteiger partial charge in [0, 0.05) is 27.8 Å². The number of aliphatic imine (C=N–C) groups is 1. The number of carboxylic acid groups (broad SMARTS) is 1. The SMILES string of the molecule is Cc1sc2c(c1C)C(c1ccc(C=CC(=O)Nc3cccc(C#N)c3)cc1)=N[C@@H](CC(=O)O)c1nnc(C)n1-2. The maximum absolute atomic E-state index is 12.4. The average molecular weight is 537 g/mol. The first-order chi connectivity index (χ1) is 18.7. The van der Waals surface area contributed by atoms with Crippen molar-refractivity contribution >= 4 is 40.7 Å². The second-order valence-corrected chi connectivity index (χ2v) is 10.3. The first-order valence-electron chi connectivity index (χ1n) is 12.2. The molecular weight excluding hydrogens is 512 g/mol. The second kappa shape index (κ2) is 10.5. The summed E-state index contributed by atoms with van der Waals surface area (Å²) in [6.45, 7) is 5.94. The molecule has 39 heavy (non-hydrogen) atoms. The first kappa shape index (κ1) is 25.8. The minimum Gasteiger partial charge on any atom is -0.481 e. The van der Waals surface area contributed by atoms with E-state index >= 15 is 0 Å². The van der Waals surface area contributed by atoms with Crippen molar-refractivity contribution in [2.45, 2.75) is 33.2 Å². The third-order valence-corrected chi connectivity index (χ3v) is 7.67. The van der Waals surface area contributed by atoms with Gasteiger partial charge in [-0.1, -0.05) is 30.3 Å². The van der Waals surface area contributed by atoms with Crippen molar-refractivity contribution in [2.75, 3.05) is 5.32 Å².